The van der Waals surface area contributed by atoms with Crippen LogP contribution >= 0.6 is 0 Å². The van der Waals surface area contributed by atoms with Crippen molar-refractivity contribution in [3.8, 4) is 12.3 Å². The third-order valence-electron chi connectivity index (χ3n) is 11.8. The minimum absolute atomic E-state index is 0.0308. The van der Waals surface area contributed by atoms with Crippen LogP contribution < -0.4 is 5.32 Å². The molecule has 41 heavy (non-hydrogen) atoms. The van der Waals surface area contributed by atoms with Gasteiger partial charge in [0.15, 0.2) is 6.61 Å². The third kappa shape index (κ3) is 5.57. The highest BCUT2D eigenvalue weighted by molar-refractivity contribution is 5.96. The monoisotopic (exact) mass is 568 g/mol. The lowest BCUT2D eigenvalue weighted by Gasteiger charge is -2.58. The van der Waals surface area contributed by atoms with Gasteiger partial charge in [-0.25, -0.2) is 0 Å². The summed E-state index contributed by atoms with van der Waals surface area (Å²) >= 11 is 0. The first kappa shape index (κ1) is 30.1. The zero-order chi connectivity index (χ0) is 29.6. The molecule has 0 radical (unpaired) electrons. The van der Waals surface area contributed by atoms with Crippen LogP contribution in [0.15, 0.2) is 16.8 Å². The van der Waals surface area contributed by atoms with E-state index in [0.717, 1.165) is 50.7 Å². The second-order valence-corrected chi connectivity index (χ2v) is 14.5. The fourth-order valence-corrected chi connectivity index (χ4v) is 9.46. The van der Waals surface area contributed by atoms with Crippen LogP contribution in [0.4, 0.5) is 0 Å². The van der Waals surface area contributed by atoms with Crippen LogP contribution in [-0.4, -0.2) is 58.3 Å². The summed E-state index contributed by atoms with van der Waals surface area (Å²) in [5.74, 6) is 3.14. The van der Waals surface area contributed by atoms with E-state index in [-0.39, 0.29) is 41.3 Å². The Morgan fingerprint density at radius 2 is 1.90 bits per heavy atom. The van der Waals surface area contributed by atoms with E-state index < -0.39 is 17.6 Å². The fourth-order valence-electron chi connectivity index (χ4n) is 9.46. The molecule has 5 aliphatic rings. The van der Waals surface area contributed by atoms with Crippen molar-refractivity contribution < 1.29 is 29.4 Å². The molecule has 8 nitrogen and oxygen atoms in total. The maximum absolute atomic E-state index is 12.7. The van der Waals surface area contributed by atoms with E-state index in [1.165, 1.54) is 5.57 Å². The lowest BCUT2D eigenvalue weighted by Crippen LogP contribution is -2.54. The number of aliphatic hydroxyl groups is 1. The lowest BCUT2D eigenvalue weighted by molar-refractivity contribution is -0.139. The second-order valence-electron chi connectivity index (χ2n) is 14.5. The Morgan fingerprint density at radius 1 is 1.15 bits per heavy atom. The van der Waals surface area contributed by atoms with Crippen molar-refractivity contribution >= 4 is 17.6 Å². The molecular formula is C33H48N2O6. The summed E-state index contributed by atoms with van der Waals surface area (Å²) in [6.45, 7) is 8.93. The van der Waals surface area contributed by atoms with Crippen molar-refractivity contribution in [2.24, 2.45) is 39.7 Å². The van der Waals surface area contributed by atoms with E-state index in [9.17, 15) is 19.8 Å². The number of allylic oxidation sites excluding steroid dienone is 2. The number of terminal acetylenes is 1. The first-order chi connectivity index (χ1) is 19.3. The van der Waals surface area contributed by atoms with Gasteiger partial charge in [-0.05, 0) is 113 Å². The van der Waals surface area contributed by atoms with Gasteiger partial charge < -0.3 is 25.1 Å². The number of carbonyl (C=O) groups is 2. The quantitative estimate of drug-likeness (QED) is 0.299. The number of hydrogen-bond acceptors (Lipinski definition) is 6. The smallest absolute Gasteiger partial charge is 0.305 e. The first-order valence-corrected chi connectivity index (χ1v) is 15.6. The predicted molar refractivity (Wildman–Crippen MR) is 156 cm³/mol. The highest BCUT2D eigenvalue weighted by Crippen LogP contribution is 2.67. The zero-order valence-electron chi connectivity index (χ0n) is 25.2. The number of nitrogens with zero attached hydrogens (tertiary/aromatic N) is 1. The zero-order valence-corrected chi connectivity index (χ0v) is 25.2. The second kappa shape index (κ2) is 11.0. The molecule has 8 atom stereocenters. The summed E-state index contributed by atoms with van der Waals surface area (Å²) in [5, 5.41) is 27.9. The van der Waals surface area contributed by atoms with Gasteiger partial charge in [0.2, 0.25) is 0 Å². The molecule has 3 saturated carbocycles. The van der Waals surface area contributed by atoms with Crippen molar-refractivity contribution in [2.75, 3.05) is 13.2 Å². The third-order valence-corrected chi connectivity index (χ3v) is 11.8. The molecule has 1 aliphatic heterocycles. The summed E-state index contributed by atoms with van der Waals surface area (Å²) in [4.78, 5) is 29.7. The molecule has 0 aromatic rings. The molecule has 226 valence electrons. The molecule has 0 aromatic heterocycles. The molecule has 0 unspecified atom stereocenters. The van der Waals surface area contributed by atoms with E-state index in [4.69, 9.17) is 16.0 Å². The van der Waals surface area contributed by atoms with Gasteiger partial charge in [0.25, 0.3) is 5.91 Å². The first-order valence-electron chi connectivity index (χ1n) is 15.6. The molecule has 1 heterocycles. The number of amides is 1. The standard InChI is InChI=1S/C33H48N2O6/c1-6-33(39)15-11-26-24-8-7-22-17-23(9-13-31(22,4)25(24)10-14-32(26,33)5)35-41-20-28(36)34-27(18-29(37)38)21-12-16-40-30(2,3)19-21/h1,17,21,24-27,39H,7-16,18-20H2,2-5H3,(H,34,36)(H,37,38)/b35-23+/t21-,24-,25+,26+,27-,31+,32+,33+/m1/s1. The van der Waals surface area contributed by atoms with Crippen molar-refractivity contribution in [2.45, 2.75) is 116 Å². The van der Waals surface area contributed by atoms with Crippen LogP contribution in [0.25, 0.3) is 0 Å². The Bertz CT molecular complexity index is 1150. The summed E-state index contributed by atoms with van der Waals surface area (Å²) < 4.78 is 5.77. The molecule has 4 aliphatic carbocycles. The van der Waals surface area contributed by atoms with E-state index in [0.29, 0.717) is 43.6 Å². The number of nitrogens with one attached hydrogen (secondary N) is 1. The summed E-state index contributed by atoms with van der Waals surface area (Å²) in [7, 11) is 0. The van der Waals surface area contributed by atoms with Gasteiger partial charge in [0, 0.05) is 18.1 Å². The van der Waals surface area contributed by atoms with E-state index in [2.05, 4.69) is 36.3 Å². The highest BCUT2D eigenvalue weighted by Gasteiger charge is 2.63. The molecule has 0 bridgehead atoms. The number of carboxylic acid groups (broad SMARTS) is 1. The van der Waals surface area contributed by atoms with E-state index in [1.54, 1.807) is 0 Å². The van der Waals surface area contributed by atoms with Crippen LogP contribution in [0, 0.1) is 46.8 Å². The van der Waals surface area contributed by atoms with Crippen LogP contribution in [0.2, 0.25) is 0 Å². The number of rotatable bonds is 7. The Balaban J connectivity index is 1.19. The average molecular weight is 569 g/mol. The van der Waals surface area contributed by atoms with Gasteiger partial charge in [-0.1, -0.05) is 30.5 Å². The number of fused-ring (bicyclic) bond motifs is 5. The number of carbonyl (C=O) groups excluding carboxylic acids is 1. The van der Waals surface area contributed by atoms with Gasteiger partial charge in [-0.3, -0.25) is 9.59 Å². The van der Waals surface area contributed by atoms with Crippen molar-refractivity contribution in [1.29, 1.82) is 0 Å². The number of ether oxygens (including phenoxy) is 1. The van der Waals surface area contributed by atoms with Crippen LogP contribution in [-0.2, 0) is 19.2 Å². The number of aliphatic carboxylic acids is 1. The number of carboxylic acids is 1. The van der Waals surface area contributed by atoms with Gasteiger partial charge in [0.1, 0.15) is 5.60 Å². The van der Waals surface area contributed by atoms with Crippen molar-refractivity contribution in [1.82, 2.24) is 5.32 Å². The van der Waals surface area contributed by atoms with Gasteiger partial charge in [-0.2, -0.15) is 0 Å². The summed E-state index contributed by atoms with van der Waals surface area (Å²) in [6, 6.07) is -0.471. The predicted octanol–water partition coefficient (Wildman–Crippen LogP) is 4.85. The Labute approximate surface area is 244 Å². The molecule has 1 amide bonds. The van der Waals surface area contributed by atoms with E-state index >= 15 is 0 Å². The molecular weight excluding hydrogens is 520 g/mol. The summed E-state index contributed by atoms with van der Waals surface area (Å²) in [6.07, 6.45) is 17.0. The molecule has 5 rings (SSSR count). The van der Waals surface area contributed by atoms with Gasteiger partial charge in [-0.15, -0.1) is 6.42 Å². The Morgan fingerprint density at radius 3 is 2.61 bits per heavy atom. The SMILES string of the molecule is C#C[C@]1(O)CC[C@H]2[C@@H]3CCC4=C/C(=N/OCC(=O)N[C@H](CC(=O)O)[C@@H]5CCOC(C)(C)C5)CC[C@]4(C)[C@H]3CC[C@@]21C. The number of hydrogen-bond donors (Lipinski definition) is 3. The maximum Gasteiger partial charge on any atom is 0.305 e. The Hall–Kier alpha value is -2.37. The molecule has 8 heteroatoms. The molecule has 0 spiro atoms. The maximum atomic E-state index is 12.7. The molecule has 3 N–H and O–H groups in total. The minimum atomic E-state index is -0.981. The van der Waals surface area contributed by atoms with Crippen molar-refractivity contribution in [3.63, 3.8) is 0 Å². The fraction of sp³-hybridized carbons (Fsp3) is 0.788. The van der Waals surface area contributed by atoms with E-state index in [1.807, 2.05) is 13.8 Å². The Kier molecular flexibility index (Phi) is 8.10. The summed E-state index contributed by atoms with van der Waals surface area (Å²) in [5.41, 5.74) is 0.883. The topological polar surface area (TPSA) is 117 Å². The highest BCUT2D eigenvalue weighted by atomic mass is 16.6. The van der Waals surface area contributed by atoms with Crippen LogP contribution in [0.5, 0.6) is 0 Å². The average Bonchev–Trinajstić information content (AvgIpc) is 3.18. The molecule has 0 aromatic carbocycles. The number of oxime groups is 1. The van der Waals surface area contributed by atoms with Crippen LogP contribution in [0.1, 0.15) is 98.3 Å². The normalized spacial score (nSPS) is 41.2. The minimum Gasteiger partial charge on any atom is -0.481 e. The molecule has 1 saturated heterocycles. The lowest BCUT2D eigenvalue weighted by atomic mass is 9.46. The van der Waals surface area contributed by atoms with Gasteiger partial charge in [0.05, 0.1) is 17.7 Å². The molecule has 4 fully saturated rings. The van der Waals surface area contributed by atoms with Crippen LogP contribution in [0.3, 0.4) is 0 Å². The van der Waals surface area contributed by atoms with Gasteiger partial charge >= 0.3 is 5.97 Å². The largest absolute Gasteiger partial charge is 0.481 e. The van der Waals surface area contributed by atoms with Crippen molar-refractivity contribution in [3.05, 3.63) is 11.6 Å².